The van der Waals surface area contributed by atoms with Crippen LogP contribution in [0.2, 0.25) is 0 Å². The Morgan fingerprint density at radius 3 is 2.63 bits per heavy atom. The molecular formula is C27H18N4O3S. The molecule has 4 aromatic heterocycles. The van der Waals surface area contributed by atoms with E-state index in [4.69, 9.17) is 19.2 Å². The molecule has 1 aliphatic rings. The van der Waals surface area contributed by atoms with E-state index in [1.54, 1.807) is 28.2 Å². The Labute approximate surface area is 203 Å². The molecule has 0 spiro atoms. The van der Waals surface area contributed by atoms with Crippen LogP contribution in [0.4, 0.5) is 0 Å². The maximum atomic E-state index is 13.4. The summed E-state index contributed by atoms with van der Waals surface area (Å²) >= 11 is 1.59. The molecule has 35 heavy (non-hydrogen) atoms. The molecular weight excluding hydrogens is 460 g/mol. The molecule has 5 heterocycles. The van der Waals surface area contributed by atoms with Gasteiger partial charge >= 0.3 is 5.63 Å². The van der Waals surface area contributed by atoms with Crippen molar-refractivity contribution in [1.29, 1.82) is 0 Å². The van der Waals surface area contributed by atoms with Crippen LogP contribution in [0, 0.1) is 13.8 Å². The van der Waals surface area contributed by atoms with E-state index >= 15 is 0 Å². The van der Waals surface area contributed by atoms with E-state index in [2.05, 4.69) is 4.98 Å². The van der Waals surface area contributed by atoms with Crippen LogP contribution in [0.3, 0.4) is 0 Å². The molecule has 0 fully saturated rings. The standard InChI is InChI=1S/C27H18N4O3S/c1-14-7-3-4-8-16(14)24-29-25-21-19(23-15(2)11-12-35-23)20-22(34-26(21)28-13-31(25)30-24)17-9-5-6-10-18(17)33-27(20)32/h3-13,19H,1-2H3. The molecule has 7 nitrogen and oxygen atoms in total. The van der Waals surface area contributed by atoms with Gasteiger partial charge in [0.05, 0.1) is 22.4 Å². The van der Waals surface area contributed by atoms with Crippen molar-refractivity contribution in [3.8, 4) is 23.0 Å². The van der Waals surface area contributed by atoms with E-state index in [1.807, 2.05) is 67.8 Å². The number of thiophene rings is 1. The molecule has 7 rings (SSSR count). The van der Waals surface area contributed by atoms with Gasteiger partial charge in [-0.05, 0) is 48.6 Å². The van der Waals surface area contributed by atoms with Crippen molar-refractivity contribution < 1.29 is 9.15 Å². The largest absolute Gasteiger partial charge is 0.437 e. The van der Waals surface area contributed by atoms with Gasteiger partial charge in [-0.15, -0.1) is 16.4 Å². The average Bonchev–Trinajstić information content (AvgIpc) is 3.49. The van der Waals surface area contributed by atoms with Crippen LogP contribution in [0.5, 0.6) is 11.6 Å². The van der Waals surface area contributed by atoms with Crippen LogP contribution < -0.4 is 10.4 Å². The predicted octanol–water partition coefficient (Wildman–Crippen LogP) is 5.86. The lowest BCUT2D eigenvalue weighted by molar-refractivity contribution is 0.423. The van der Waals surface area contributed by atoms with Crippen molar-refractivity contribution in [1.82, 2.24) is 19.6 Å². The highest BCUT2D eigenvalue weighted by Gasteiger charge is 2.38. The van der Waals surface area contributed by atoms with Gasteiger partial charge < -0.3 is 9.15 Å². The highest BCUT2D eigenvalue weighted by atomic mass is 32.1. The fourth-order valence-corrected chi connectivity index (χ4v) is 5.85. The van der Waals surface area contributed by atoms with E-state index in [9.17, 15) is 4.79 Å². The molecule has 2 aromatic carbocycles. The fraction of sp³-hybridized carbons (Fsp3) is 0.111. The first-order chi connectivity index (χ1) is 17.1. The lowest BCUT2D eigenvalue weighted by Crippen LogP contribution is -2.22. The van der Waals surface area contributed by atoms with Gasteiger partial charge in [0.1, 0.15) is 11.9 Å². The van der Waals surface area contributed by atoms with Crippen molar-refractivity contribution in [2.45, 2.75) is 19.8 Å². The van der Waals surface area contributed by atoms with Crippen LogP contribution in [0.1, 0.15) is 33.0 Å². The Morgan fingerprint density at radius 1 is 0.971 bits per heavy atom. The Kier molecular flexibility index (Phi) is 4.22. The van der Waals surface area contributed by atoms with Gasteiger partial charge in [0.25, 0.3) is 0 Å². The third-order valence-corrected chi connectivity index (χ3v) is 7.60. The van der Waals surface area contributed by atoms with E-state index in [0.717, 1.165) is 27.0 Å². The zero-order valence-corrected chi connectivity index (χ0v) is 19.7. The van der Waals surface area contributed by atoms with E-state index in [1.165, 1.54) is 0 Å². The van der Waals surface area contributed by atoms with Crippen molar-refractivity contribution in [2.24, 2.45) is 0 Å². The second-order valence-corrected chi connectivity index (χ2v) is 9.56. The summed E-state index contributed by atoms with van der Waals surface area (Å²) in [6.07, 6.45) is 1.61. The SMILES string of the molecule is Cc1ccccc1-c1nc2c3c(ncn2n1)Oc1c(c(=O)oc2ccccc12)C3c1sccc1C. The van der Waals surface area contributed by atoms with Crippen LogP contribution in [-0.2, 0) is 0 Å². The number of hydrogen-bond donors (Lipinski definition) is 0. The number of rotatable bonds is 2. The van der Waals surface area contributed by atoms with Crippen LogP contribution >= 0.6 is 11.3 Å². The Bertz CT molecular complexity index is 1850. The maximum Gasteiger partial charge on any atom is 0.344 e. The monoisotopic (exact) mass is 478 g/mol. The predicted molar refractivity (Wildman–Crippen MR) is 134 cm³/mol. The maximum absolute atomic E-state index is 13.4. The molecule has 0 N–H and O–H groups in total. The minimum atomic E-state index is -0.445. The van der Waals surface area contributed by atoms with Crippen molar-refractivity contribution in [2.75, 3.05) is 0 Å². The summed E-state index contributed by atoms with van der Waals surface area (Å²) < 4.78 is 13.8. The molecule has 1 atom stereocenters. The molecule has 170 valence electrons. The van der Waals surface area contributed by atoms with Gasteiger partial charge in [0.2, 0.25) is 5.88 Å². The number of hydrogen-bond acceptors (Lipinski definition) is 7. The highest BCUT2D eigenvalue weighted by Crippen LogP contribution is 2.50. The first-order valence-corrected chi connectivity index (χ1v) is 12.1. The first-order valence-electron chi connectivity index (χ1n) is 11.2. The molecule has 1 aliphatic heterocycles. The lowest BCUT2D eigenvalue weighted by atomic mass is 9.87. The lowest BCUT2D eigenvalue weighted by Gasteiger charge is -2.26. The van der Waals surface area contributed by atoms with Gasteiger partial charge in [-0.1, -0.05) is 36.4 Å². The van der Waals surface area contributed by atoms with Gasteiger partial charge in [-0.3, -0.25) is 0 Å². The molecule has 6 aromatic rings. The van der Waals surface area contributed by atoms with Gasteiger partial charge in [0, 0.05) is 10.4 Å². The zero-order chi connectivity index (χ0) is 23.7. The first kappa shape index (κ1) is 20.1. The highest BCUT2D eigenvalue weighted by molar-refractivity contribution is 7.10. The second kappa shape index (κ2) is 7.35. The van der Waals surface area contributed by atoms with Crippen molar-refractivity contribution >= 4 is 28.0 Å². The molecule has 0 saturated heterocycles. The number of para-hydroxylation sites is 1. The summed E-state index contributed by atoms with van der Waals surface area (Å²) in [6, 6.07) is 17.4. The molecule has 0 radical (unpaired) electrons. The van der Waals surface area contributed by atoms with Gasteiger partial charge in [-0.2, -0.15) is 0 Å². The number of fused-ring (bicyclic) bond motifs is 6. The summed E-state index contributed by atoms with van der Waals surface area (Å²) in [5.74, 6) is 1.05. The minimum Gasteiger partial charge on any atom is -0.437 e. The zero-order valence-electron chi connectivity index (χ0n) is 18.9. The Hall–Kier alpha value is -4.30. The molecule has 8 heteroatoms. The minimum absolute atomic E-state index is 0.419. The molecule has 0 saturated carbocycles. The van der Waals surface area contributed by atoms with Crippen LogP contribution in [0.15, 0.2) is 75.5 Å². The summed E-state index contributed by atoms with van der Waals surface area (Å²) in [7, 11) is 0. The second-order valence-electron chi connectivity index (χ2n) is 8.61. The average molecular weight is 479 g/mol. The van der Waals surface area contributed by atoms with Crippen molar-refractivity contribution in [3.05, 3.63) is 104 Å². The summed E-state index contributed by atoms with van der Waals surface area (Å²) in [5.41, 5.74) is 4.91. The number of nitrogens with zero attached hydrogens (tertiary/aromatic N) is 4. The van der Waals surface area contributed by atoms with Gasteiger partial charge in [-0.25, -0.2) is 19.3 Å². The Balaban J connectivity index is 1.57. The fourth-order valence-electron chi connectivity index (χ4n) is 4.81. The summed E-state index contributed by atoms with van der Waals surface area (Å²) in [5, 5.41) is 7.47. The smallest absolute Gasteiger partial charge is 0.344 e. The normalized spacial score (nSPS) is 14.6. The number of aryl methyl sites for hydroxylation is 2. The number of aromatic nitrogens is 4. The number of benzene rings is 2. The summed E-state index contributed by atoms with van der Waals surface area (Å²) in [4.78, 5) is 24.0. The van der Waals surface area contributed by atoms with E-state index in [0.29, 0.717) is 39.8 Å². The van der Waals surface area contributed by atoms with Gasteiger partial charge in [0.15, 0.2) is 17.2 Å². The Morgan fingerprint density at radius 2 is 1.80 bits per heavy atom. The topological polar surface area (TPSA) is 82.5 Å². The third-order valence-electron chi connectivity index (χ3n) is 6.51. The molecule has 1 unspecified atom stereocenters. The van der Waals surface area contributed by atoms with Crippen molar-refractivity contribution in [3.63, 3.8) is 0 Å². The van der Waals surface area contributed by atoms with Crippen LogP contribution in [-0.4, -0.2) is 19.6 Å². The van der Waals surface area contributed by atoms with Crippen LogP contribution in [0.25, 0.3) is 28.0 Å². The third kappa shape index (κ3) is 2.90. The van der Waals surface area contributed by atoms with E-state index < -0.39 is 11.5 Å². The summed E-state index contributed by atoms with van der Waals surface area (Å²) in [6.45, 7) is 4.07. The molecule has 0 aliphatic carbocycles. The number of ether oxygens (including phenoxy) is 1. The quantitative estimate of drug-likeness (QED) is 0.289. The molecule has 0 bridgehead atoms. The van der Waals surface area contributed by atoms with E-state index in [-0.39, 0.29) is 0 Å². The molecule has 0 amide bonds.